The van der Waals surface area contributed by atoms with E-state index in [1.54, 1.807) is 20.0 Å². The number of benzene rings is 1. The lowest BCUT2D eigenvalue weighted by Crippen LogP contribution is -2.35. The van der Waals surface area contributed by atoms with Crippen LogP contribution >= 0.6 is 0 Å². The van der Waals surface area contributed by atoms with Crippen molar-refractivity contribution in [1.82, 2.24) is 5.32 Å². The normalized spacial score (nSPS) is 12.6. The molecule has 102 valence electrons. The fourth-order valence-electron chi connectivity index (χ4n) is 1.29. The number of anilines is 1. The molecule has 2 N–H and O–H groups in total. The molecule has 1 rings (SSSR count). The average Bonchev–Trinajstić information content (AvgIpc) is 2.36. The summed E-state index contributed by atoms with van der Waals surface area (Å²) in [7, 11) is 1.57. The van der Waals surface area contributed by atoms with E-state index >= 15 is 0 Å². The van der Waals surface area contributed by atoms with Crippen LogP contribution in [0, 0.1) is 11.3 Å². The molecule has 7 heteroatoms. The van der Waals surface area contributed by atoms with Gasteiger partial charge in [-0.15, -0.1) is 0 Å². The van der Waals surface area contributed by atoms with Gasteiger partial charge in [-0.25, -0.2) is 0 Å². The van der Waals surface area contributed by atoms with Gasteiger partial charge in [0.15, 0.2) is 0 Å². The third-order valence-electron chi connectivity index (χ3n) is 2.55. The van der Waals surface area contributed by atoms with Crippen LogP contribution in [0.15, 0.2) is 18.2 Å². The Balaban J connectivity index is 3.05. The van der Waals surface area contributed by atoms with E-state index < -0.39 is 23.7 Å². The van der Waals surface area contributed by atoms with E-state index in [-0.39, 0.29) is 11.3 Å². The van der Waals surface area contributed by atoms with E-state index in [0.717, 1.165) is 12.1 Å². The zero-order valence-corrected chi connectivity index (χ0v) is 10.3. The largest absolute Gasteiger partial charge is 0.416 e. The number of amides is 1. The van der Waals surface area contributed by atoms with Crippen LogP contribution in [0.1, 0.15) is 18.1 Å². The highest BCUT2D eigenvalue weighted by molar-refractivity contribution is 5.95. The summed E-state index contributed by atoms with van der Waals surface area (Å²) in [6, 6.07) is 3.71. The second-order valence-corrected chi connectivity index (χ2v) is 3.87. The van der Waals surface area contributed by atoms with Crippen LogP contribution < -0.4 is 10.6 Å². The van der Waals surface area contributed by atoms with Crippen molar-refractivity contribution >= 4 is 11.6 Å². The molecule has 1 atom stereocenters. The number of nitrogens with one attached hydrogen (secondary N) is 2. The number of nitriles is 1. The van der Waals surface area contributed by atoms with Crippen molar-refractivity contribution in [3.05, 3.63) is 29.3 Å². The molecule has 0 bridgehead atoms. The van der Waals surface area contributed by atoms with Crippen LogP contribution in [-0.4, -0.2) is 19.0 Å². The van der Waals surface area contributed by atoms with E-state index in [9.17, 15) is 18.0 Å². The van der Waals surface area contributed by atoms with Crippen LogP contribution in [0.4, 0.5) is 18.9 Å². The van der Waals surface area contributed by atoms with Gasteiger partial charge in [0.25, 0.3) is 0 Å². The van der Waals surface area contributed by atoms with Crippen molar-refractivity contribution < 1.29 is 18.0 Å². The first-order valence-electron chi connectivity index (χ1n) is 5.39. The quantitative estimate of drug-likeness (QED) is 0.885. The van der Waals surface area contributed by atoms with E-state index in [2.05, 4.69) is 10.6 Å². The second kappa shape index (κ2) is 5.71. The third-order valence-corrected chi connectivity index (χ3v) is 2.55. The summed E-state index contributed by atoms with van der Waals surface area (Å²) >= 11 is 0. The molecule has 19 heavy (non-hydrogen) atoms. The maximum atomic E-state index is 12.5. The SMILES string of the molecule is CNC(C)C(=O)Nc1ccc(C(F)(F)F)cc1C#N. The summed E-state index contributed by atoms with van der Waals surface area (Å²) in [6.45, 7) is 1.59. The number of rotatable bonds is 3. The molecule has 1 amide bonds. The second-order valence-electron chi connectivity index (χ2n) is 3.87. The van der Waals surface area contributed by atoms with Crippen LogP contribution in [0.5, 0.6) is 0 Å². The Morgan fingerprint density at radius 3 is 2.53 bits per heavy atom. The minimum Gasteiger partial charge on any atom is -0.324 e. The Bertz CT molecular complexity index is 520. The molecule has 0 saturated heterocycles. The molecule has 1 unspecified atom stereocenters. The highest BCUT2D eigenvalue weighted by atomic mass is 19.4. The molecule has 0 heterocycles. The van der Waals surface area contributed by atoms with Gasteiger partial charge in [-0.2, -0.15) is 18.4 Å². The monoisotopic (exact) mass is 271 g/mol. The lowest BCUT2D eigenvalue weighted by atomic mass is 10.1. The van der Waals surface area contributed by atoms with E-state index in [4.69, 9.17) is 5.26 Å². The zero-order valence-electron chi connectivity index (χ0n) is 10.3. The van der Waals surface area contributed by atoms with Crippen molar-refractivity contribution in [3.63, 3.8) is 0 Å². The van der Waals surface area contributed by atoms with Crippen molar-refractivity contribution in [2.75, 3.05) is 12.4 Å². The first kappa shape index (κ1) is 15.0. The topological polar surface area (TPSA) is 64.9 Å². The summed E-state index contributed by atoms with van der Waals surface area (Å²) in [4.78, 5) is 11.6. The van der Waals surface area contributed by atoms with Crippen LogP contribution in [0.25, 0.3) is 0 Å². The smallest absolute Gasteiger partial charge is 0.324 e. The first-order chi connectivity index (χ1) is 8.79. The molecular weight excluding hydrogens is 259 g/mol. The summed E-state index contributed by atoms with van der Waals surface area (Å²) in [5, 5.41) is 13.9. The number of likely N-dealkylation sites (N-methyl/N-ethyl adjacent to an activating group) is 1. The maximum absolute atomic E-state index is 12.5. The van der Waals surface area contributed by atoms with Gasteiger partial charge in [0.2, 0.25) is 5.91 Å². The molecule has 0 aliphatic heterocycles. The molecule has 0 aromatic heterocycles. The molecule has 0 aliphatic carbocycles. The standard InChI is InChI=1S/C12H12F3N3O/c1-7(17-2)11(19)18-10-4-3-9(12(13,14)15)5-8(10)6-16/h3-5,7,17H,1-2H3,(H,18,19). The predicted molar refractivity (Wildman–Crippen MR) is 63.3 cm³/mol. The van der Waals surface area contributed by atoms with Crippen molar-refractivity contribution in [2.24, 2.45) is 0 Å². The number of hydrogen-bond acceptors (Lipinski definition) is 3. The molecule has 0 fully saturated rings. The Morgan fingerprint density at radius 2 is 2.05 bits per heavy atom. The number of alkyl halides is 3. The van der Waals surface area contributed by atoms with E-state index in [0.29, 0.717) is 6.07 Å². The fourth-order valence-corrected chi connectivity index (χ4v) is 1.29. The number of carbonyl (C=O) groups is 1. The molecule has 0 radical (unpaired) electrons. The summed E-state index contributed by atoms with van der Waals surface area (Å²) < 4.78 is 37.4. The van der Waals surface area contributed by atoms with Crippen LogP contribution in [-0.2, 0) is 11.0 Å². The van der Waals surface area contributed by atoms with Gasteiger partial charge in [0, 0.05) is 0 Å². The molecule has 0 aliphatic rings. The summed E-state index contributed by atoms with van der Waals surface area (Å²) in [5.41, 5.74) is -1.10. The maximum Gasteiger partial charge on any atom is 0.416 e. The van der Waals surface area contributed by atoms with Crippen LogP contribution in [0.3, 0.4) is 0 Å². The van der Waals surface area contributed by atoms with Crippen molar-refractivity contribution in [1.29, 1.82) is 5.26 Å². The number of halogens is 3. The van der Waals surface area contributed by atoms with Gasteiger partial charge in [-0.3, -0.25) is 4.79 Å². The van der Waals surface area contributed by atoms with E-state index in [1.807, 2.05) is 0 Å². The van der Waals surface area contributed by atoms with Crippen molar-refractivity contribution in [3.8, 4) is 6.07 Å². The first-order valence-corrected chi connectivity index (χ1v) is 5.39. The molecule has 4 nitrogen and oxygen atoms in total. The molecule has 1 aromatic carbocycles. The van der Waals surface area contributed by atoms with Gasteiger partial charge < -0.3 is 10.6 Å². The van der Waals surface area contributed by atoms with Crippen LogP contribution in [0.2, 0.25) is 0 Å². The third kappa shape index (κ3) is 3.69. The lowest BCUT2D eigenvalue weighted by molar-refractivity contribution is -0.137. The lowest BCUT2D eigenvalue weighted by Gasteiger charge is -2.13. The Labute approximate surface area is 108 Å². The molecular formula is C12H12F3N3O. The minimum absolute atomic E-state index is 0.0580. The summed E-state index contributed by atoms with van der Waals surface area (Å²) in [6.07, 6.45) is -4.52. The zero-order chi connectivity index (χ0) is 14.6. The van der Waals surface area contributed by atoms with E-state index in [1.165, 1.54) is 0 Å². The highest BCUT2D eigenvalue weighted by Crippen LogP contribution is 2.31. The molecule has 0 spiro atoms. The minimum atomic E-state index is -4.52. The molecule has 1 aromatic rings. The number of carbonyl (C=O) groups excluding carboxylic acids is 1. The van der Waals surface area contributed by atoms with Gasteiger partial charge in [-0.1, -0.05) is 0 Å². The average molecular weight is 271 g/mol. The Morgan fingerprint density at radius 1 is 1.42 bits per heavy atom. The highest BCUT2D eigenvalue weighted by Gasteiger charge is 2.31. The Hall–Kier alpha value is -2.07. The summed E-state index contributed by atoms with van der Waals surface area (Å²) in [5.74, 6) is -0.432. The van der Waals surface area contributed by atoms with Crippen molar-refractivity contribution in [2.45, 2.75) is 19.1 Å². The van der Waals surface area contributed by atoms with Gasteiger partial charge >= 0.3 is 6.18 Å². The number of hydrogen-bond donors (Lipinski definition) is 2. The van der Waals surface area contributed by atoms with Gasteiger partial charge in [0.1, 0.15) is 6.07 Å². The molecule has 0 saturated carbocycles. The predicted octanol–water partition coefficient (Wildman–Crippen LogP) is 2.12. The van der Waals surface area contributed by atoms with Gasteiger partial charge in [-0.05, 0) is 32.2 Å². The fraction of sp³-hybridized carbons (Fsp3) is 0.333. The number of nitrogens with zero attached hydrogens (tertiary/aromatic N) is 1. The van der Waals surface area contributed by atoms with Gasteiger partial charge in [0.05, 0.1) is 22.9 Å². The Kier molecular flexibility index (Phi) is 4.51.